The van der Waals surface area contributed by atoms with Crippen LogP contribution in [0.4, 0.5) is 5.69 Å². The molecule has 0 aliphatic rings. The number of benzene rings is 1. The van der Waals surface area contributed by atoms with Gasteiger partial charge in [0.25, 0.3) is 11.5 Å². The molecular formula is C15H14N4O2. The van der Waals surface area contributed by atoms with Crippen molar-refractivity contribution in [2.24, 2.45) is 7.05 Å². The van der Waals surface area contributed by atoms with Crippen LogP contribution in [0.15, 0.2) is 41.5 Å². The molecule has 2 N–H and O–H groups in total. The predicted molar refractivity (Wildman–Crippen MR) is 80.5 cm³/mol. The Hall–Kier alpha value is -2.89. The van der Waals surface area contributed by atoms with Gasteiger partial charge < -0.3 is 10.3 Å². The molecule has 0 fully saturated rings. The second kappa shape index (κ2) is 4.90. The summed E-state index contributed by atoms with van der Waals surface area (Å²) in [6.07, 6.45) is 3.20. The Morgan fingerprint density at radius 2 is 2.10 bits per heavy atom. The molecule has 0 bridgehead atoms. The van der Waals surface area contributed by atoms with Gasteiger partial charge in [-0.05, 0) is 18.6 Å². The molecule has 1 aromatic carbocycles. The zero-order chi connectivity index (χ0) is 15.0. The summed E-state index contributed by atoms with van der Waals surface area (Å²) in [7, 11) is 1.75. The molecule has 106 valence electrons. The number of para-hydroxylation sites is 1. The van der Waals surface area contributed by atoms with Crippen LogP contribution >= 0.6 is 0 Å². The zero-order valence-corrected chi connectivity index (χ0v) is 11.7. The fourth-order valence-electron chi connectivity index (χ4n) is 2.36. The Morgan fingerprint density at radius 1 is 1.33 bits per heavy atom. The fourth-order valence-corrected chi connectivity index (χ4v) is 2.36. The number of carbonyl (C=O) groups excluding carboxylic acids is 1. The summed E-state index contributed by atoms with van der Waals surface area (Å²) in [4.78, 5) is 27.2. The highest BCUT2D eigenvalue weighted by atomic mass is 16.2. The molecule has 2 heterocycles. The third kappa shape index (κ3) is 2.31. The average Bonchev–Trinajstić information content (AvgIpc) is 2.84. The summed E-state index contributed by atoms with van der Waals surface area (Å²) in [5.74, 6) is -0.437. The van der Waals surface area contributed by atoms with Gasteiger partial charge in [-0.2, -0.15) is 5.10 Å². The molecule has 21 heavy (non-hydrogen) atoms. The SMILES string of the molecule is Cc1c(C(=O)Nc2cnn(C)c2)c(=O)[nH]c2ccccc12. The maximum Gasteiger partial charge on any atom is 0.261 e. The number of pyridine rings is 1. The number of H-pyrrole nitrogens is 1. The first-order valence-electron chi connectivity index (χ1n) is 6.48. The topological polar surface area (TPSA) is 79.8 Å². The highest BCUT2D eigenvalue weighted by Gasteiger charge is 2.17. The van der Waals surface area contributed by atoms with E-state index in [9.17, 15) is 9.59 Å². The number of aromatic amines is 1. The minimum Gasteiger partial charge on any atom is -0.321 e. The largest absolute Gasteiger partial charge is 0.321 e. The zero-order valence-electron chi connectivity index (χ0n) is 11.7. The maximum atomic E-state index is 12.3. The first kappa shape index (κ1) is 13.1. The molecule has 0 spiro atoms. The van der Waals surface area contributed by atoms with Crippen molar-refractivity contribution >= 4 is 22.5 Å². The molecule has 0 saturated carbocycles. The van der Waals surface area contributed by atoms with E-state index in [2.05, 4.69) is 15.4 Å². The highest BCUT2D eigenvalue weighted by molar-refractivity contribution is 6.07. The van der Waals surface area contributed by atoms with Crippen molar-refractivity contribution in [3.05, 3.63) is 58.1 Å². The molecule has 0 unspecified atom stereocenters. The van der Waals surface area contributed by atoms with Crippen LogP contribution < -0.4 is 10.9 Å². The molecular weight excluding hydrogens is 268 g/mol. The van der Waals surface area contributed by atoms with Gasteiger partial charge in [0.2, 0.25) is 0 Å². The Kier molecular flexibility index (Phi) is 3.06. The number of fused-ring (bicyclic) bond motifs is 1. The summed E-state index contributed by atoms with van der Waals surface area (Å²) < 4.78 is 1.58. The lowest BCUT2D eigenvalue weighted by molar-refractivity contribution is 0.102. The van der Waals surface area contributed by atoms with Crippen molar-refractivity contribution in [2.75, 3.05) is 5.32 Å². The quantitative estimate of drug-likeness (QED) is 0.752. The molecule has 0 radical (unpaired) electrons. The van der Waals surface area contributed by atoms with E-state index >= 15 is 0 Å². The predicted octanol–water partition coefficient (Wildman–Crippen LogP) is 1.82. The van der Waals surface area contributed by atoms with Crippen molar-refractivity contribution in [3.8, 4) is 0 Å². The van der Waals surface area contributed by atoms with Crippen molar-refractivity contribution < 1.29 is 4.79 Å². The maximum absolute atomic E-state index is 12.3. The standard InChI is InChI=1S/C15H14N4O2/c1-9-11-5-3-4-6-12(11)18-15(21)13(9)14(20)17-10-7-16-19(2)8-10/h3-8H,1-2H3,(H,17,20)(H,18,21). The van der Waals surface area contributed by atoms with E-state index in [0.717, 1.165) is 10.9 Å². The second-order valence-corrected chi connectivity index (χ2v) is 4.86. The molecule has 3 aromatic rings. The molecule has 1 amide bonds. The Balaban J connectivity index is 2.07. The van der Waals surface area contributed by atoms with E-state index in [1.165, 1.54) is 6.20 Å². The van der Waals surface area contributed by atoms with E-state index in [-0.39, 0.29) is 5.56 Å². The monoisotopic (exact) mass is 282 g/mol. The minimum absolute atomic E-state index is 0.123. The molecule has 0 saturated heterocycles. The van der Waals surface area contributed by atoms with Gasteiger partial charge >= 0.3 is 0 Å². The van der Waals surface area contributed by atoms with Crippen molar-refractivity contribution in [1.82, 2.24) is 14.8 Å². The van der Waals surface area contributed by atoms with Crippen LogP contribution in [0.25, 0.3) is 10.9 Å². The van der Waals surface area contributed by atoms with E-state index in [1.807, 2.05) is 24.3 Å². The number of aromatic nitrogens is 3. The van der Waals surface area contributed by atoms with E-state index < -0.39 is 11.5 Å². The number of amides is 1. The third-order valence-corrected chi connectivity index (χ3v) is 3.37. The van der Waals surface area contributed by atoms with Crippen molar-refractivity contribution in [3.63, 3.8) is 0 Å². The number of nitrogens with zero attached hydrogens (tertiary/aromatic N) is 2. The van der Waals surface area contributed by atoms with Crippen molar-refractivity contribution in [2.45, 2.75) is 6.92 Å². The van der Waals surface area contributed by atoms with Crippen molar-refractivity contribution in [1.29, 1.82) is 0 Å². The lowest BCUT2D eigenvalue weighted by atomic mass is 10.0. The molecule has 2 aromatic heterocycles. The first-order valence-corrected chi connectivity index (χ1v) is 6.48. The van der Waals surface area contributed by atoms with Crippen LogP contribution in [-0.2, 0) is 7.05 Å². The summed E-state index contributed by atoms with van der Waals surface area (Å²) in [5, 5.41) is 7.51. The number of aryl methyl sites for hydroxylation is 2. The van der Waals surface area contributed by atoms with Gasteiger partial charge in [-0.25, -0.2) is 0 Å². The number of hydrogen-bond acceptors (Lipinski definition) is 3. The molecule has 0 aliphatic heterocycles. The van der Waals surface area contributed by atoms with E-state index in [4.69, 9.17) is 0 Å². The smallest absolute Gasteiger partial charge is 0.261 e. The number of rotatable bonds is 2. The molecule has 3 rings (SSSR count). The lowest BCUT2D eigenvalue weighted by Crippen LogP contribution is -2.24. The van der Waals surface area contributed by atoms with Crippen LogP contribution in [0.2, 0.25) is 0 Å². The van der Waals surface area contributed by atoms with Crippen LogP contribution in [0.5, 0.6) is 0 Å². The number of hydrogen-bond donors (Lipinski definition) is 2. The van der Waals surface area contributed by atoms with Gasteiger partial charge in [-0.3, -0.25) is 14.3 Å². The number of carbonyl (C=O) groups is 1. The van der Waals surface area contributed by atoms with Gasteiger partial charge in [0, 0.05) is 24.1 Å². The van der Waals surface area contributed by atoms with Gasteiger partial charge in [-0.15, -0.1) is 0 Å². The summed E-state index contributed by atoms with van der Waals surface area (Å²) in [6.45, 7) is 1.77. The Labute approximate surface area is 120 Å². The van der Waals surface area contributed by atoms with Gasteiger partial charge in [0.05, 0.1) is 11.9 Å². The molecule has 0 aliphatic carbocycles. The number of anilines is 1. The van der Waals surface area contributed by atoms with Crippen LogP contribution in [0.1, 0.15) is 15.9 Å². The molecule has 6 nitrogen and oxygen atoms in total. The van der Waals surface area contributed by atoms with Crippen LogP contribution in [0, 0.1) is 6.92 Å². The van der Waals surface area contributed by atoms with E-state index in [1.54, 1.807) is 24.9 Å². The second-order valence-electron chi connectivity index (χ2n) is 4.86. The normalized spacial score (nSPS) is 10.8. The minimum atomic E-state index is -0.437. The van der Waals surface area contributed by atoms with Crippen LogP contribution in [0.3, 0.4) is 0 Å². The summed E-state index contributed by atoms with van der Waals surface area (Å²) in [6, 6.07) is 7.40. The first-order chi connectivity index (χ1) is 10.1. The summed E-state index contributed by atoms with van der Waals surface area (Å²) >= 11 is 0. The Bertz CT molecular complexity index is 892. The van der Waals surface area contributed by atoms with Gasteiger partial charge in [-0.1, -0.05) is 18.2 Å². The van der Waals surface area contributed by atoms with E-state index in [0.29, 0.717) is 11.3 Å². The van der Waals surface area contributed by atoms with Crippen LogP contribution in [-0.4, -0.2) is 20.7 Å². The van der Waals surface area contributed by atoms with Gasteiger partial charge in [0.15, 0.2) is 0 Å². The summed E-state index contributed by atoms with van der Waals surface area (Å²) in [5.41, 5.74) is 1.66. The average molecular weight is 282 g/mol. The third-order valence-electron chi connectivity index (χ3n) is 3.37. The highest BCUT2D eigenvalue weighted by Crippen LogP contribution is 2.17. The lowest BCUT2D eigenvalue weighted by Gasteiger charge is -2.08. The Morgan fingerprint density at radius 3 is 2.81 bits per heavy atom. The molecule has 0 atom stereocenters. The molecule has 6 heteroatoms. The number of nitrogens with one attached hydrogen (secondary N) is 2. The van der Waals surface area contributed by atoms with Gasteiger partial charge in [0.1, 0.15) is 5.56 Å². The fraction of sp³-hybridized carbons (Fsp3) is 0.133.